The summed E-state index contributed by atoms with van der Waals surface area (Å²) in [6, 6.07) is 14.1. The lowest BCUT2D eigenvalue weighted by molar-refractivity contribution is 0.600. The van der Waals surface area contributed by atoms with Crippen LogP contribution >= 0.6 is 0 Å². The van der Waals surface area contributed by atoms with Crippen LogP contribution in [0, 0.1) is 20.8 Å². The van der Waals surface area contributed by atoms with Gasteiger partial charge in [0.15, 0.2) is 0 Å². The second kappa shape index (κ2) is 8.48. The molecule has 8 heteroatoms. The number of rotatable bonds is 7. The van der Waals surface area contributed by atoms with Gasteiger partial charge in [-0.15, -0.1) is 0 Å². The molecule has 1 aromatic heterocycles. The Kier molecular flexibility index (Phi) is 6.03. The lowest BCUT2D eigenvalue weighted by Crippen LogP contribution is -2.14. The number of aryl methyl sites for hydroxylation is 3. The minimum atomic E-state index is -3.65. The third-order valence-corrected chi connectivity index (χ3v) is 5.76. The number of sulfonamides is 1. The minimum absolute atomic E-state index is 0.276. The maximum absolute atomic E-state index is 12.7. The SMILES string of the molecule is CCNc1nc(C)cc(Nc2ccc(NS(=O)(=O)c3ccc(C)cc3C)cc2)n1. The zero-order chi connectivity index (χ0) is 21.0. The Morgan fingerprint density at radius 1 is 0.897 bits per heavy atom. The number of anilines is 4. The molecule has 29 heavy (non-hydrogen) atoms. The molecular weight excluding hydrogens is 386 g/mol. The normalized spacial score (nSPS) is 11.2. The molecule has 3 rings (SSSR count). The highest BCUT2D eigenvalue weighted by Crippen LogP contribution is 2.23. The second-order valence-electron chi connectivity index (χ2n) is 6.83. The van der Waals surface area contributed by atoms with Gasteiger partial charge in [0.25, 0.3) is 10.0 Å². The molecule has 0 radical (unpaired) electrons. The number of hydrogen-bond donors (Lipinski definition) is 3. The Balaban J connectivity index is 1.75. The highest BCUT2D eigenvalue weighted by Gasteiger charge is 2.16. The molecule has 0 aliphatic rings. The summed E-state index contributed by atoms with van der Waals surface area (Å²) in [5, 5.41) is 6.31. The van der Waals surface area contributed by atoms with Crippen LogP contribution in [0.2, 0.25) is 0 Å². The smallest absolute Gasteiger partial charge is 0.262 e. The van der Waals surface area contributed by atoms with Gasteiger partial charge in [-0.05, 0) is 63.6 Å². The first-order valence-corrected chi connectivity index (χ1v) is 10.8. The first-order chi connectivity index (χ1) is 13.8. The standard InChI is InChI=1S/C21H25N5O2S/c1-5-22-21-23-16(4)13-20(25-21)24-17-7-9-18(10-8-17)26-29(27,28)19-11-6-14(2)12-15(19)3/h6-13,26H,5H2,1-4H3,(H2,22,23,24,25). The number of hydrogen-bond acceptors (Lipinski definition) is 6. The van der Waals surface area contributed by atoms with Crippen LogP contribution in [0.3, 0.4) is 0 Å². The van der Waals surface area contributed by atoms with E-state index in [2.05, 4.69) is 25.3 Å². The van der Waals surface area contributed by atoms with E-state index in [0.717, 1.165) is 23.5 Å². The number of aromatic nitrogens is 2. The monoisotopic (exact) mass is 411 g/mol. The summed E-state index contributed by atoms with van der Waals surface area (Å²) in [6.07, 6.45) is 0. The Morgan fingerprint density at radius 2 is 1.59 bits per heavy atom. The highest BCUT2D eigenvalue weighted by molar-refractivity contribution is 7.92. The lowest BCUT2D eigenvalue weighted by atomic mass is 10.2. The zero-order valence-corrected chi connectivity index (χ0v) is 17.8. The Hall–Kier alpha value is -3.13. The van der Waals surface area contributed by atoms with Gasteiger partial charge in [0.1, 0.15) is 5.82 Å². The van der Waals surface area contributed by atoms with Crippen molar-refractivity contribution >= 4 is 33.2 Å². The molecule has 2 aromatic carbocycles. The molecule has 1 heterocycles. The molecular formula is C21H25N5O2S. The van der Waals surface area contributed by atoms with Crippen molar-refractivity contribution in [3.63, 3.8) is 0 Å². The van der Waals surface area contributed by atoms with Crippen molar-refractivity contribution in [2.24, 2.45) is 0 Å². The fraction of sp³-hybridized carbons (Fsp3) is 0.238. The van der Waals surface area contributed by atoms with E-state index in [1.165, 1.54) is 0 Å². The fourth-order valence-corrected chi connectivity index (χ4v) is 4.24. The average Bonchev–Trinajstić information content (AvgIpc) is 2.62. The third-order valence-electron chi connectivity index (χ3n) is 4.22. The number of benzene rings is 2. The largest absolute Gasteiger partial charge is 0.354 e. The van der Waals surface area contributed by atoms with E-state index in [1.807, 2.05) is 32.9 Å². The van der Waals surface area contributed by atoms with Gasteiger partial charge >= 0.3 is 0 Å². The first-order valence-electron chi connectivity index (χ1n) is 9.33. The van der Waals surface area contributed by atoms with Crippen LogP contribution in [0.15, 0.2) is 53.4 Å². The molecule has 0 unspecified atom stereocenters. The predicted molar refractivity (Wildman–Crippen MR) is 117 cm³/mol. The maximum Gasteiger partial charge on any atom is 0.262 e. The molecule has 0 aliphatic heterocycles. The van der Waals surface area contributed by atoms with Crippen molar-refractivity contribution < 1.29 is 8.42 Å². The molecule has 7 nitrogen and oxygen atoms in total. The molecule has 0 saturated carbocycles. The summed E-state index contributed by atoms with van der Waals surface area (Å²) in [4.78, 5) is 9.01. The summed E-state index contributed by atoms with van der Waals surface area (Å²) in [5.74, 6) is 1.23. The molecule has 0 aliphatic carbocycles. The van der Waals surface area contributed by atoms with Crippen molar-refractivity contribution in [3.05, 3.63) is 65.4 Å². The van der Waals surface area contributed by atoms with Gasteiger partial charge in [0.05, 0.1) is 4.90 Å². The van der Waals surface area contributed by atoms with Gasteiger partial charge < -0.3 is 10.6 Å². The average molecular weight is 412 g/mol. The van der Waals surface area contributed by atoms with Crippen molar-refractivity contribution in [1.29, 1.82) is 0 Å². The Morgan fingerprint density at radius 3 is 2.24 bits per heavy atom. The molecule has 3 N–H and O–H groups in total. The van der Waals surface area contributed by atoms with E-state index in [9.17, 15) is 8.42 Å². The van der Waals surface area contributed by atoms with Crippen LogP contribution in [0.1, 0.15) is 23.7 Å². The van der Waals surface area contributed by atoms with Gasteiger partial charge in [-0.1, -0.05) is 17.7 Å². The van der Waals surface area contributed by atoms with E-state index in [4.69, 9.17) is 0 Å². The van der Waals surface area contributed by atoms with E-state index in [0.29, 0.717) is 23.0 Å². The van der Waals surface area contributed by atoms with Gasteiger partial charge in [-0.3, -0.25) is 4.72 Å². The van der Waals surface area contributed by atoms with Gasteiger partial charge in [0.2, 0.25) is 5.95 Å². The predicted octanol–water partition coefficient (Wildman–Crippen LogP) is 4.38. The molecule has 0 atom stereocenters. The summed E-state index contributed by atoms with van der Waals surface area (Å²) in [7, 11) is -3.65. The highest BCUT2D eigenvalue weighted by atomic mass is 32.2. The van der Waals surface area contributed by atoms with Crippen LogP contribution in [0.4, 0.5) is 23.1 Å². The van der Waals surface area contributed by atoms with Crippen LogP contribution < -0.4 is 15.4 Å². The van der Waals surface area contributed by atoms with Crippen LogP contribution in [0.25, 0.3) is 0 Å². The molecule has 0 fully saturated rings. The second-order valence-corrected chi connectivity index (χ2v) is 8.48. The van der Waals surface area contributed by atoms with E-state index >= 15 is 0 Å². The molecule has 0 saturated heterocycles. The van der Waals surface area contributed by atoms with Crippen LogP contribution in [-0.4, -0.2) is 24.9 Å². The van der Waals surface area contributed by atoms with Crippen LogP contribution in [0.5, 0.6) is 0 Å². The summed E-state index contributed by atoms with van der Waals surface area (Å²) in [6.45, 7) is 8.34. The summed E-state index contributed by atoms with van der Waals surface area (Å²) in [5.41, 5.74) is 3.86. The summed E-state index contributed by atoms with van der Waals surface area (Å²) < 4.78 is 28.0. The summed E-state index contributed by atoms with van der Waals surface area (Å²) >= 11 is 0. The Labute approximate surface area is 171 Å². The topological polar surface area (TPSA) is 96.0 Å². The zero-order valence-electron chi connectivity index (χ0n) is 16.9. The third kappa shape index (κ3) is 5.23. The molecule has 0 amide bonds. The molecule has 0 bridgehead atoms. The van der Waals surface area contributed by atoms with E-state index in [1.54, 1.807) is 43.3 Å². The number of nitrogens with zero attached hydrogens (tertiary/aromatic N) is 2. The minimum Gasteiger partial charge on any atom is -0.354 e. The molecule has 152 valence electrons. The van der Waals surface area contributed by atoms with Gasteiger partial charge in [-0.25, -0.2) is 13.4 Å². The van der Waals surface area contributed by atoms with E-state index in [-0.39, 0.29) is 4.90 Å². The number of nitrogens with one attached hydrogen (secondary N) is 3. The fourth-order valence-electron chi connectivity index (χ4n) is 2.95. The maximum atomic E-state index is 12.7. The van der Waals surface area contributed by atoms with Crippen molar-refractivity contribution in [3.8, 4) is 0 Å². The Bertz CT molecular complexity index is 1110. The van der Waals surface area contributed by atoms with E-state index < -0.39 is 10.0 Å². The van der Waals surface area contributed by atoms with Crippen molar-refractivity contribution in [1.82, 2.24) is 9.97 Å². The molecule has 3 aromatic rings. The van der Waals surface area contributed by atoms with Gasteiger partial charge in [0, 0.05) is 29.7 Å². The lowest BCUT2D eigenvalue weighted by Gasteiger charge is -2.12. The quantitative estimate of drug-likeness (QED) is 0.534. The van der Waals surface area contributed by atoms with Crippen molar-refractivity contribution in [2.45, 2.75) is 32.6 Å². The van der Waals surface area contributed by atoms with Gasteiger partial charge in [-0.2, -0.15) is 4.98 Å². The first kappa shape index (κ1) is 20.6. The van der Waals surface area contributed by atoms with Crippen molar-refractivity contribution in [2.75, 3.05) is 21.9 Å². The molecule has 0 spiro atoms. The van der Waals surface area contributed by atoms with Crippen LogP contribution in [-0.2, 0) is 10.0 Å².